The average Bonchev–Trinajstić information content (AvgIpc) is 2.59. The van der Waals surface area contributed by atoms with Gasteiger partial charge in [-0.2, -0.15) is 0 Å². The van der Waals surface area contributed by atoms with E-state index in [-0.39, 0.29) is 31.0 Å². The minimum absolute atomic E-state index is 0. The molecule has 1 aliphatic rings. The van der Waals surface area contributed by atoms with Crippen LogP contribution in [0.2, 0.25) is 0 Å². The number of hydrogen-bond acceptors (Lipinski definition) is 3. The molecule has 4 nitrogen and oxygen atoms in total. The second-order valence-corrected chi connectivity index (χ2v) is 6.71. The number of piperidine rings is 1. The first-order valence-corrected chi connectivity index (χ1v) is 8.78. The van der Waals surface area contributed by atoms with Crippen molar-refractivity contribution in [1.29, 1.82) is 0 Å². The molecule has 1 heterocycles. The Morgan fingerprint density at radius 2 is 1.92 bits per heavy atom. The van der Waals surface area contributed by atoms with E-state index in [9.17, 15) is 4.79 Å². The van der Waals surface area contributed by atoms with Crippen molar-refractivity contribution in [3.63, 3.8) is 0 Å². The maximum absolute atomic E-state index is 12.4. The number of halogens is 1. The maximum atomic E-state index is 12.4. The first kappa shape index (κ1) is 20.8. The Labute approximate surface area is 152 Å². The molecule has 24 heavy (non-hydrogen) atoms. The normalized spacial score (nSPS) is 17.8. The third kappa shape index (κ3) is 5.38. The highest BCUT2D eigenvalue weighted by Gasteiger charge is 2.25. The zero-order chi connectivity index (χ0) is 16.8. The molecule has 0 spiro atoms. The number of amides is 1. The van der Waals surface area contributed by atoms with E-state index in [2.05, 4.69) is 26.8 Å². The molecule has 2 N–H and O–H groups in total. The lowest BCUT2D eigenvalue weighted by atomic mass is 9.91. The summed E-state index contributed by atoms with van der Waals surface area (Å²) in [4.78, 5) is 14.3. The van der Waals surface area contributed by atoms with Crippen LogP contribution < -0.4 is 10.5 Å². The smallest absolute Gasteiger partial charge is 0.260 e. The Balaban J connectivity index is 0.00000288. The monoisotopic (exact) mass is 354 g/mol. The summed E-state index contributed by atoms with van der Waals surface area (Å²) in [5, 5.41) is 0. The van der Waals surface area contributed by atoms with Crippen molar-refractivity contribution >= 4 is 18.3 Å². The van der Waals surface area contributed by atoms with Crippen molar-refractivity contribution in [3.8, 4) is 5.75 Å². The molecule has 1 amide bonds. The Bertz CT molecular complexity index is 514. The van der Waals surface area contributed by atoms with Gasteiger partial charge in [-0.15, -0.1) is 12.4 Å². The molecule has 1 fully saturated rings. The third-order valence-corrected chi connectivity index (χ3v) is 5.05. The Morgan fingerprint density at radius 1 is 1.29 bits per heavy atom. The first-order chi connectivity index (χ1) is 11.0. The summed E-state index contributed by atoms with van der Waals surface area (Å²) in [6.07, 6.45) is 3.04. The van der Waals surface area contributed by atoms with Crippen molar-refractivity contribution in [1.82, 2.24) is 4.90 Å². The molecule has 1 saturated heterocycles. The number of carbonyl (C=O) groups excluding carboxylic acids is 1. The number of benzene rings is 1. The number of ether oxygens (including phenoxy) is 1. The molecule has 1 aliphatic heterocycles. The van der Waals surface area contributed by atoms with Gasteiger partial charge in [0.15, 0.2) is 6.61 Å². The van der Waals surface area contributed by atoms with Crippen LogP contribution in [0.1, 0.15) is 51.5 Å². The van der Waals surface area contributed by atoms with Crippen LogP contribution in [0, 0.1) is 5.92 Å². The topological polar surface area (TPSA) is 55.6 Å². The van der Waals surface area contributed by atoms with Crippen LogP contribution in [-0.2, 0) is 4.79 Å². The molecular weight excluding hydrogens is 324 g/mol. The molecule has 5 heteroatoms. The van der Waals surface area contributed by atoms with Crippen LogP contribution in [-0.4, -0.2) is 36.5 Å². The zero-order valence-electron chi connectivity index (χ0n) is 15.0. The maximum Gasteiger partial charge on any atom is 0.260 e. The van der Waals surface area contributed by atoms with E-state index in [0.717, 1.165) is 38.1 Å². The van der Waals surface area contributed by atoms with Gasteiger partial charge in [0.2, 0.25) is 0 Å². The largest absolute Gasteiger partial charge is 0.483 e. The highest BCUT2D eigenvalue weighted by atomic mass is 35.5. The van der Waals surface area contributed by atoms with Gasteiger partial charge in [0.05, 0.1) is 0 Å². The SMILES string of the molecule is CCC(C)c1ccccc1OCC(=O)N1CCC(C(C)N)CC1.Cl. The standard InChI is InChI=1S/C19H30N2O2.ClH/c1-4-14(2)17-7-5-6-8-18(17)23-13-19(22)21-11-9-16(10-12-21)15(3)20;/h5-8,14-16H,4,9-13,20H2,1-3H3;1H. The van der Waals surface area contributed by atoms with Crippen molar-refractivity contribution in [2.24, 2.45) is 11.7 Å². The number of hydrogen-bond donors (Lipinski definition) is 1. The lowest BCUT2D eigenvalue weighted by Crippen LogP contribution is -2.44. The van der Waals surface area contributed by atoms with E-state index >= 15 is 0 Å². The van der Waals surface area contributed by atoms with Gasteiger partial charge >= 0.3 is 0 Å². The summed E-state index contributed by atoms with van der Waals surface area (Å²) >= 11 is 0. The summed E-state index contributed by atoms with van der Waals surface area (Å²) in [5.74, 6) is 1.88. The lowest BCUT2D eigenvalue weighted by molar-refractivity contribution is -0.134. The van der Waals surface area contributed by atoms with Gasteiger partial charge in [-0.25, -0.2) is 0 Å². The van der Waals surface area contributed by atoms with Crippen LogP contribution in [0.3, 0.4) is 0 Å². The molecule has 136 valence electrons. The van der Waals surface area contributed by atoms with Gasteiger partial charge in [-0.05, 0) is 49.7 Å². The van der Waals surface area contributed by atoms with Gasteiger partial charge in [0, 0.05) is 19.1 Å². The fourth-order valence-electron chi connectivity index (χ4n) is 3.14. The minimum Gasteiger partial charge on any atom is -0.483 e. The van der Waals surface area contributed by atoms with Crippen molar-refractivity contribution in [2.45, 2.75) is 52.0 Å². The average molecular weight is 355 g/mol. The van der Waals surface area contributed by atoms with Gasteiger partial charge in [0.25, 0.3) is 5.91 Å². The minimum atomic E-state index is 0. The quantitative estimate of drug-likeness (QED) is 0.849. The highest BCUT2D eigenvalue weighted by molar-refractivity contribution is 5.85. The van der Waals surface area contributed by atoms with E-state index in [1.54, 1.807) is 0 Å². The summed E-state index contributed by atoms with van der Waals surface area (Å²) in [7, 11) is 0. The van der Waals surface area contributed by atoms with Gasteiger partial charge in [-0.3, -0.25) is 4.79 Å². The van der Waals surface area contributed by atoms with E-state index in [1.165, 1.54) is 5.56 Å². The Kier molecular flexibility index (Phi) is 8.57. The summed E-state index contributed by atoms with van der Waals surface area (Å²) in [6, 6.07) is 8.24. The first-order valence-electron chi connectivity index (χ1n) is 8.78. The Hall–Kier alpha value is -1.26. The van der Waals surface area contributed by atoms with Crippen LogP contribution >= 0.6 is 12.4 Å². The lowest BCUT2D eigenvalue weighted by Gasteiger charge is -2.33. The zero-order valence-corrected chi connectivity index (χ0v) is 15.8. The van der Waals surface area contributed by atoms with E-state index < -0.39 is 0 Å². The van der Waals surface area contributed by atoms with Crippen molar-refractivity contribution < 1.29 is 9.53 Å². The van der Waals surface area contributed by atoms with Crippen LogP contribution in [0.4, 0.5) is 0 Å². The summed E-state index contributed by atoms with van der Waals surface area (Å²) in [6.45, 7) is 8.11. The molecule has 2 atom stereocenters. The molecule has 0 saturated carbocycles. The fraction of sp³-hybridized carbons (Fsp3) is 0.632. The van der Waals surface area contributed by atoms with Gasteiger partial charge < -0.3 is 15.4 Å². The van der Waals surface area contributed by atoms with Gasteiger partial charge in [-0.1, -0.05) is 32.0 Å². The summed E-state index contributed by atoms with van der Waals surface area (Å²) in [5.41, 5.74) is 7.13. The molecule has 0 aromatic heterocycles. The second-order valence-electron chi connectivity index (χ2n) is 6.71. The Morgan fingerprint density at radius 3 is 2.50 bits per heavy atom. The number of likely N-dealkylation sites (tertiary alicyclic amines) is 1. The van der Waals surface area contributed by atoms with Crippen LogP contribution in [0.25, 0.3) is 0 Å². The molecule has 0 radical (unpaired) electrons. The van der Waals surface area contributed by atoms with Gasteiger partial charge in [0.1, 0.15) is 5.75 Å². The molecule has 1 aromatic rings. The van der Waals surface area contributed by atoms with Crippen LogP contribution in [0.5, 0.6) is 5.75 Å². The molecule has 1 aromatic carbocycles. The van der Waals surface area contributed by atoms with E-state index in [4.69, 9.17) is 10.5 Å². The van der Waals surface area contributed by atoms with Crippen molar-refractivity contribution in [3.05, 3.63) is 29.8 Å². The summed E-state index contributed by atoms with van der Waals surface area (Å²) < 4.78 is 5.83. The number of nitrogens with two attached hydrogens (primary N) is 1. The highest BCUT2D eigenvalue weighted by Crippen LogP contribution is 2.28. The fourth-order valence-corrected chi connectivity index (χ4v) is 3.14. The molecule has 0 bridgehead atoms. The molecule has 2 unspecified atom stereocenters. The van der Waals surface area contributed by atoms with Crippen LogP contribution in [0.15, 0.2) is 24.3 Å². The third-order valence-electron chi connectivity index (χ3n) is 5.05. The van der Waals surface area contributed by atoms with E-state index in [0.29, 0.717) is 11.8 Å². The molecular formula is C19H31ClN2O2. The molecule has 0 aliphatic carbocycles. The van der Waals surface area contributed by atoms with E-state index in [1.807, 2.05) is 23.1 Å². The predicted molar refractivity (Wildman–Crippen MR) is 101 cm³/mol. The number of carbonyl (C=O) groups is 1. The predicted octanol–water partition coefficient (Wildman–Crippen LogP) is 3.59. The second kappa shape index (κ2) is 9.90. The molecule has 2 rings (SSSR count). The number of rotatable bonds is 6. The van der Waals surface area contributed by atoms with Crippen molar-refractivity contribution in [2.75, 3.05) is 19.7 Å². The number of nitrogens with zero attached hydrogens (tertiary/aromatic N) is 1. The number of para-hydroxylation sites is 1.